The molecule has 1 amide bonds. The van der Waals surface area contributed by atoms with Crippen LogP contribution in [0.4, 0.5) is 10.3 Å². The molecule has 170 valence electrons. The highest BCUT2D eigenvalue weighted by Gasteiger charge is 2.18. The molecule has 0 aliphatic carbocycles. The van der Waals surface area contributed by atoms with E-state index in [1.165, 1.54) is 23.1 Å². The highest BCUT2D eigenvalue weighted by Crippen LogP contribution is 2.27. The van der Waals surface area contributed by atoms with Gasteiger partial charge in [0.2, 0.25) is 5.95 Å². The van der Waals surface area contributed by atoms with Gasteiger partial charge in [0.25, 0.3) is 5.91 Å². The van der Waals surface area contributed by atoms with E-state index in [4.69, 9.17) is 16.6 Å². The van der Waals surface area contributed by atoms with Gasteiger partial charge in [0.15, 0.2) is 0 Å². The van der Waals surface area contributed by atoms with Crippen molar-refractivity contribution >= 4 is 34.4 Å². The Morgan fingerprint density at radius 2 is 1.97 bits per heavy atom. The number of benzene rings is 2. The fourth-order valence-electron chi connectivity index (χ4n) is 3.79. The molecule has 34 heavy (non-hydrogen) atoms. The monoisotopic (exact) mass is 475 g/mol. The number of hydrogen-bond donors (Lipinski definition) is 1. The molecular weight excluding hydrogens is 457 g/mol. The third-order valence-electron chi connectivity index (χ3n) is 5.39. The van der Waals surface area contributed by atoms with E-state index in [0.717, 1.165) is 11.3 Å². The molecule has 0 radical (unpaired) electrons. The summed E-state index contributed by atoms with van der Waals surface area (Å²) in [6, 6.07) is 13.6. The highest BCUT2D eigenvalue weighted by molar-refractivity contribution is 6.31. The second kappa shape index (κ2) is 8.68. The molecule has 0 atom stereocenters. The quantitative estimate of drug-likeness (QED) is 0.400. The SMILES string of the molecule is Cc1nn(C)cc1-c1cc(C(=O)Nc2ncn(Cc3c(F)cccc3Cl)n2)c2ccccc2n1. The van der Waals surface area contributed by atoms with Gasteiger partial charge in [0.05, 0.1) is 29.0 Å². The van der Waals surface area contributed by atoms with Gasteiger partial charge < -0.3 is 0 Å². The maximum Gasteiger partial charge on any atom is 0.258 e. The van der Waals surface area contributed by atoms with Crippen molar-refractivity contribution in [3.05, 3.63) is 88.7 Å². The molecule has 0 spiro atoms. The van der Waals surface area contributed by atoms with E-state index in [2.05, 4.69) is 20.5 Å². The van der Waals surface area contributed by atoms with E-state index in [1.807, 2.05) is 44.4 Å². The number of aryl methyl sites for hydroxylation is 2. The topological polar surface area (TPSA) is 90.5 Å². The number of carbonyl (C=O) groups excluding carboxylic acids is 1. The van der Waals surface area contributed by atoms with Crippen molar-refractivity contribution in [2.24, 2.45) is 7.05 Å². The molecule has 0 unspecified atom stereocenters. The van der Waals surface area contributed by atoms with E-state index in [9.17, 15) is 9.18 Å². The molecule has 0 bridgehead atoms. The summed E-state index contributed by atoms with van der Waals surface area (Å²) in [6.07, 6.45) is 3.28. The largest absolute Gasteiger partial charge is 0.289 e. The summed E-state index contributed by atoms with van der Waals surface area (Å²) in [6.45, 7) is 1.97. The Bertz CT molecular complexity index is 1520. The van der Waals surface area contributed by atoms with Crippen molar-refractivity contribution in [3.63, 3.8) is 0 Å². The van der Waals surface area contributed by atoms with Crippen LogP contribution in [0.5, 0.6) is 0 Å². The molecule has 8 nitrogen and oxygen atoms in total. The van der Waals surface area contributed by atoms with Crippen molar-refractivity contribution in [1.82, 2.24) is 29.5 Å². The Labute approximate surface area is 199 Å². The number of para-hydroxylation sites is 1. The Morgan fingerprint density at radius 3 is 2.74 bits per heavy atom. The van der Waals surface area contributed by atoms with Crippen LogP contribution in [0.2, 0.25) is 5.02 Å². The maximum atomic E-state index is 14.1. The lowest BCUT2D eigenvalue weighted by atomic mass is 10.0. The first-order valence-corrected chi connectivity index (χ1v) is 10.8. The van der Waals surface area contributed by atoms with Gasteiger partial charge >= 0.3 is 0 Å². The van der Waals surface area contributed by atoms with E-state index in [-0.39, 0.29) is 18.4 Å². The Balaban J connectivity index is 1.46. The van der Waals surface area contributed by atoms with Gasteiger partial charge in [-0.3, -0.25) is 14.8 Å². The molecule has 0 saturated heterocycles. The Kier molecular flexibility index (Phi) is 5.54. The number of pyridine rings is 1. The van der Waals surface area contributed by atoms with E-state index in [0.29, 0.717) is 32.7 Å². The predicted molar refractivity (Wildman–Crippen MR) is 127 cm³/mol. The molecule has 0 aliphatic rings. The number of fused-ring (bicyclic) bond motifs is 1. The van der Waals surface area contributed by atoms with E-state index < -0.39 is 5.82 Å². The maximum absolute atomic E-state index is 14.1. The number of hydrogen-bond acceptors (Lipinski definition) is 5. The summed E-state index contributed by atoms with van der Waals surface area (Å²) >= 11 is 6.10. The third-order valence-corrected chi connectivity index (χ3v) is 5.75. The van der Waals surface area contributed by atoms with Crippen molar-refractivity contribution in [2.75, 3.05) is 5.32 Å². The fourth-order valence-corrected chi connectivity index (χ4v) is 4.02. The second-order valence-corrected chi connectivity index (χ2v) is 8.20. The summed E-state index contributed by atoms with van der Waals surface area (Å²) < 4.78 is 17.2. The van der Waals surface area contributed by atoms with Gasteiger partial charge in [0.1, 0.15) is 12.1 Å². The molecular formula is C24H19ClFN7O. The lowest BCUT2D eigenvalue weighted by Gasteiger charge is -2.09. The fraction of sp³-hybridized carbons (Fsp3) is 0.125. The van der Waals surface area contributed by atoms with Crippen LogP contribution in [-0.2, 0) is 13.6 Å². The first kappa shape index (κ1) is 21.7. The smallest absolute Gasteiger partial charge is 0.258 e. The zero-order valence-corrected chi connectivity index (χ0v) is 19.1. The average molecular weight is 476 g/mol. The number of rotatable bonds is 5. The summed E-state index contributed by atoms with van der Waals surface area (Å²) in [5.74, 6) is -0.726. The second-order valence-electron chi connectivity index (χ2n) is 7.79. The average Bonchev–Trinajstić information content (AvgIpc) is 3.40. The van der Waals surface area contributed by atoms with Crippen LogP contribution in [0.25, 0.3) is 22.2 Å². The van der Waals surface area contributed by atoms with Crippen molar-refractivity contribution < 1.29 is 9.18 Å². The predicted octanol–water partition coefficient (Wildman–Crippen LogP) is 4.63. The molecule has 2 aromatic carbocycles. The first-order valence-electron chi connectivity index (χ1n) is 10.4. The molecule has 0 fully saturated rings. The zero-order valence-electron chi connectivity index (χ0n) is 18.3. The lowest BCUT2D eigenvalue weighted by Crippen LogP contribution is -2.14. The molecule has 5 aromatic rings. The van der Waals surface area contributed by atoms with Crippen LogP contribution in [0.15, 0.2) is 61.1 Å². The molecule has 1 N–H and O–H groups in total. The standard InChI is InChI=1S/C24H19ClFN7O/c1-14-17(11-32(2)30-14)22-10-16(15-6-3-4-9-21(15)28-22)23(34)29-24-27-13-33(31-24)12-18-19(25)7-5-8-20(18)26/h3-11,13H,12H2,1-2H3,(H,29,31,34). The number of carbonyl (C=O) groups is 1. The minimum Gasteiger partial charge on any atom is -0.289 e. The molecule has 3 aromatic heterocycles. The molecule has 0 aliphatic heterocycles. The lowest BCUT2D eigenvalue weighted by molar-refractivity contribution is 0.102. The van der Waals surface area contributed by atoms with Gasteiger partial charge in [-0.05, 0) is 31.2 Å². The number of halogens is 2. The number of aromatic nitrogens is 6. The summed E-state index contributed by atoms with van der Waals surface area (Å²) in [7, 11) is 1.83. The Hall–Kier alpha value is -4.11. The first-order chi connectivity index (χ1) is 16.4. The normalized spacial score (nSPS) is 11.2. The molecule has 0 saturated carbocycles. The third kappa shape index (κ3) is 4.13. The minimum absolute atomic E-state index is 0.0804. The summed E-state index contributed by atoms with van der Waals surface area (Å²) in [4.78, 5) is 22.1. The minimum atomic E-state index is -0.435. The van der Waals surface area contributed by atoms with Crippen molar-refractivity contribution in [3.8, 4) is 11.3 Å². The van der Waals surface area contributed by atoms with Crippen LogP contribution in [0, 0.1) is 12.7 Å². The number of nitrogens with zero attached hydrogens (tertiary/aromatic N) is 6. The van der Waals surface area contributed by atoms with Gasteiger partial charge in [-0.25, -0.2) is 19.0 Å². The van der Waals surface area contributed by atoms with E-state index >= 15 is 0 Å². The van der Waals surface area contributed by atoms with Gasteiger partial charge in [0, 0.05) is 34.8 Å². The van der Waals surface area contributed by atoms with Crippen LogP contribution < -0.4 is 5.32 Å². The summed E-state index contributed by atoms with van der Waals surface area (Å²) in [5, 5.41) is 12.3. The van der Waals surface area contributed by atoms with E-state index in [1.54, 1.807) is 16.8 Å². The van der Waals surface area contributed by atoms with Gasteiger partial charge in [-0.1, -0.05) is 35.9 Å². The van der Waals surface area contributed by atoms with Crippen LogP contribution in [0.3, 0.4) is 0 Å². The van der Waals surface area contributed by atoms with Crippen LogP contribution >= 0.6 is 11.6 Å². The number of nitrogens with one attached hydrogen (secondary N) is 1. The zero-order chi connectivity index (χ0) is 23.8. The number of anilines is 1. The van der Waals surface area contributed by atoms with Crippen molar-refractivity contribution in [2.45, 2.75) is 13.5 Å². The van der Waals surface area contributed by atoms with Crippen LogP contribution in [-0.4, -0.2) is 35.4 Å². The molecule has 10 heteroatoms. The Morgan fingerprint density at radius 1 is 1.15 bits per heavy atom. The molecule has 3 heterocycles. The highest BCUT2D eigenvalue weighted by atomic mass is 35.5. The molecule has 5 rings (SSSR count). The van der Waals surface area contributed by atoms with Crippen LogP contribution in [0.1, 0.15) is 21.6 Å². The van der Waals surface area contributed by atoms with Gasteiger partial charge in [-0.2, -0.15) is 5.10 Å². The van der Waals surface area contributed by atoms with Gasteiger partial charge in [-0.15, -0.1) is 5.10 Å². The number of amides is 1. The van der Waals surface area contributed by atoms with Crippen molar-refractivity contribution in [1.29, 1.82) is 0 Å². The summed E-state index contributed by atoms with van der Waals surface area (Å²) in [5.41, 5.74) is 3.69.